The molecule has 3 rings (SSSR count). The Morgan fingerprint density at radius 1 is 0.609 bits per heavy atom. The van der Waals surface area contributed by atoms with Gasteiger partial charge in [-0.15, -0.1) is 0 Å². The van der Waals surface area contributed by atoms with Crippen molar-refractivity contribution in [3.05, 3.63) is 91.0 Å². The molecule has 0 bridgehead atoms. The average molecular weight is 326 g/mol. The van der Waals surface area contributed by atoms with Crippen molar-refractivity contribution in [3.63, 3.8) is 0 Å². The van der Waals surface area contributed by atoms with Gasteiger partial charge in [0, 0.05) is 0 Å². The second kappa shape index (κ2) is 8.03. The van der Waals surface area contributed by atoms with E-state index in [1.165, 1.54) is 15.9 Å². The van der Waals surface area contributed by atoms with Crippen molar-refractivity contribution in [1.82, 2.24) is 0 Å². The summed E-state index contributed by atoms with van der Waals surface area (Å²) in [7, 11) is -0.344. The summed E-state index contributed by atoms with van der Waals surface area (Å²) in [5.41, 5.74) is 0. The van der Waals surface area contributed by atoms with Crippen molar-refractivity contribution in [2.45, 2.75) is 0 Å². The van der Waals surface area contributed by atoms with Crippen LogP contribution in [-0.4, -0.2) is 18.9 Å². The molecule has 0 unspecified atom stereocenters. The SMILES string of the molecule is COC[PH](c1ccccc1)(c1ccccc1)c1ccccc1.O. The van der Waals surface area contributed by atoms with Crippen molar-refractivity contribution < 1.29 is 10.2 Å². The smallest absolute Gasteiger partial charge is 0.412 e. The number of rotatable bonds is 5. The van der Waals surface area contributed by atoms with Crippen molar-refractivity contribution in [3.8, 4) is 0 Å². The maximum atomic E-state index is 5.73. The first-order valence-electron chi connectivity index (χ1n) is 7.53. The van der Waals surface area contributed by atoms with Gasteiger partial charge in [-0.05, 0) is 0 Å². The zero-order valence-electron chi connectivity index (χ0n) is 13.3. The number of hydrogen-bond acceptors (Lipinski definition) is 1. The molecule has 0 radical (unpaired) electrons. The minimum absolute atomic E-state index is 0. The number of hydrogen-bond donors (Lipinski definition) is 0. The molecule has 120 valence electrons. The molecule has 2 N–H and O–H groups in total. The van der Waals surface area contributed by atoms with Gasteiger partial charge in [0.1, 0.15) is 0 Å². The quantitative estimate of drug-likeness (QED) is 0.664. The van der Waals surface area contributed by atoms with Crippen LogP contribution >= 0.6 is 7.26 Å². The van der Waals surface area contributed by atoms with Gasteiger partial charge in [0.25, 0.3) is 0 Å². The van der Waals surface area contributed by atoms with Gasteiger partial charge in [0.15, 0.2) is 0 Å². The van der Waals surface area contributed by atoms with Gasteiger partial charge in [-0.2, -0.15) is 0 Å². The molecule has 0 aromatic heterocycles. The molecule has 23 heavy (non-hydrogen) atoms. The standard InChI is InChI=1S/C20H21OP.H2O/c1-21-17-22(18-11-5-2-6-12-18,19-13-7-3-8-14-19)20-15-9-4-10-16-20;/h2-16,22H,17H2,1H3;1H2. The third-order valence-corrected chi connectivity index (χ3v) is 8.84. The molecule has 0 fully saturated rings. The van der Waals surface area contributed by atoms with Gasteiger partial charge in [-0.3, -0.25) is 0 Å². The molecule has 0 saturated carbocycles. The Kier molecular flexibility index (Phi) is 6.06. The first-order valence-corrected chi connectivity index (χ1v) is 9.74. The number of methoxy groups -OCH3 is 1. The Hall–Kier alpha value is -1.99. The van der Waals surface area contributed by atoms with Gasteiger partial charge in [0.05, 0.1) is 0 Å². The Morgan fingerprint density at radius 3 is 1.17 bits per heavy atom. The summed E-state index contributed by atoms with van der Waals surface area (Å²) in [5.74, 6) is 0. The predicted molar refractivity (Wildman–Crippen MR) is 102 cm³/mol. The zero-order chi connectivity index (χ0) is 15.3. The first kappa shape index (κ1) is 17.4. The molecule has 0 aliphatic carbocycles. The van der Waals surface area contributed by atoms with E-state index < -0.39 is 7.26 Å². The van der Waals surface area contributed by atoms with E-state index in [-0.39, 0.29) is 5.48 Å². The topological polar surface area (TPSA) is 40.7 Å². The van der Waals surface area contributed by atoms with Gasteiger partial charge in [-0.1, -0.05) is 0 Å². The summed E-state index contributed by atoms with van der Waals surface area (Å²) < 4.78 is 5.73. The van der Waals surface area contributed by atoms with Crippen LogP contribution < -0.4 is 15.9 Å². The van der Waals surface area contributed by atoms with E-state index in [1.54, 1.807) is 7.11 Å². The molecule has 0 saturated heterocycles. The largest absolute Gasteiger partial charge is 0.412 e. The zero-order valence-corrected chi connectivity index (χ0v) is 14.3. The molecule has 0 aliphatic heterocycles. The van der Waals surface area contributed by atoms with Crippen LogP contribution in [0.15, 0.2) is 91.0 Å². The van der Waals surface area contributed by atoms with Crippen LogP contribution in [0.4, 0.5) is 0 Å². The molecular weight excluding hydrogens is 303 g/mol. The Labute approximate surface area is 138 Å². The van der Waals surface area contributed by atoms with Crippen molar-refractivity contribution in [2.24, 2.45) is 0 Å². The fraction of sp³-hybridized carbons (Fsp3) is 0.100. The normalized spacial score (nSPS) is 11.5. The average Bonchev–Trinajstić information content (AvgIpc) is 2.62. The number of ether oxygens (including phenoxy) is 1. The van der Waals surface area contributed by atoms with Gasteiger partial charge in [0.2, 0.25) is 0 Å². The van der Waals surface area contributed by atoms with Crippen molar-refractivity contribution >= 4 is 23.2 Å². The number of benzene rings is 3. The third-order valence-electron chi connectivity index (χ3n) is 4.16. The van der Waals surface area contributed by atoms with Crippen LogP contribution in [0.2, 0.25) is 0 Å². The van der Waals surface area contributed by atoms with Crippen LogP contribution in [0.5, 0.6) is 0 Å². The second-order valence-corrected chi connectivity index (χ2v) is 9.27. The molecule has 3 aromatic carbocycles. The summed E-state index contributed by atoms with van der Waals surface area (Å²) >= 11 is 0. The maximum Gasteiger partial charge on any atom is -0.412 e. The van der Waals surface area contributed by atoms with Crippen LogP contribution in [0.25, 0.3) is 0 Å². The summed E-state index contributed by atoms with van der Waals surface area (Å²) in [5, 5.41) is 4.15. The van der Waals surface area contributed by atoms with E-state index in [0.29, 0.717) is 0 Å². The van der Waals surface area contributed by atoms with Gasteiger partial charge >= 0.3 is 132 Å². The Balaban J connectivity index is 0.00000192. The van der Waals surface area contributed by atoms with Crippen molar-refractivity contribution in [1.29, 1.82) is 0 Å². The maximum absolute atomic E-state index is 5.73. The summed E-state index contributed by atoms with van der Waals surface area (Å²) in [6, 6.07) is 32.4. The fourth-order valence-electron chi connectivity index (χ4n) is 3.13. The Morgan fingerprint density at radius 2 is 0.913 bits per heavy atom. The molecule has 0 aliphatic rings. The molecule has 3 aromatic rings. The predicted octanol–water partition coefficient (Wildman–Crippen LogP) is 2.49. The van der Waals surface area contributed by atoms with E-state index in [0.717, 1.165) is 6.35 Å². The van der Waals surface area contributed by atoms with E-state index in [2.05, 4.69) is 91.0 Å². The van der Waals surface area contributed by atoms with Crippen LogP contribution in [0, 0.1) is 0 Å². The van der Waals surface area contributed by atoms with E-state index in [9.17, 15) is 0 Å². The van der Waals surface area contributed by atoms with Gasteiger partial charge in [-0.25, -0.2) is 0 Å². The van der Waals surface area contributed by atoms with Crippen LogP contribution in [0.1, 0.15) is 0 Å². The molecule has 0 atom stereocenters. The Bertz CT molecular complexity index is 603. The summed E-state index contributed by atoms with van der Waals surface area (Å²) in [4.78, 5) is 0. The fourth-order valence-corrected chi connectivity index (χ4v) is 7.35. The van der Waals surface area contributed by atoms with Crippen LogP contribution in [-0.2, 0) is 4.74 Å². The van der Waals surface area contributed by atoms with E-state index >= 15 is 0 Å². The minimum Gasteiger partial charge on any atom is -0.412 e. The third kappa shape index (κ3) is 3.35. The molecule has 0 amide bonds. The molecule has 0 heterocycles. The summed E-state index contributed by atoms with van der Waals surface area (Å²) in [6.45, 7) is 0. The van der Waals surface area contributed by atoms with E-state index in [1.807, 2.05) is 0 Å². The van der Waals surface area contributed by atoms with E-state index in [4.69, 9.17) is 4.74 Å². The molecular formula is C20H23O2P. The first-order chi connectivity index (χ1) is 10.9. The van der Waals surface area contributed by atoms with Crippen molar-refractivity contribution in [2.75, 3.05) is 13.5 Å². The van der Waals surface area contributed by atoms with Crippen LogP contribution in [0.3, 0.4) is 0 Å². The molecule has 3 heteroatoms. The second-order valence-electron chi connectivity index (χ2n) is 5.44. The minimum atomic E-state index is -2.15. The summed E-state index contributed by atoms with van der Waals surface area (Å²) in [6.07, 6.45) is 0.741. The molecule has 2 nitrogen and oxygen atoms in total. The monoisotopic (exact) mass is 326 g/mol. The van der Waals surface area contributed by atoms with Gasteiger partial charge < -0.3 is 5.48 Å². The molecule has 0 spiro atoms.